The molecule has 2 aromatic heterocycles. The molecule has 5 heteroatoms. The number of aromatic nitrogens is 3. The number of aromatic amines is 1. The van der Waals surface area contributed by atoms with Crippen LogP contribution in [0, 0.1) is 0 Å². The number of H-pyrrole nitrogens is 1. The van der Waals surface area contributed by atoms with Crippen LogP contribution in [0.3, 0.4) is 0 Å². The Bertz CT molecular complexity index is 748. The third-order valence-electron chi connectivity index (χ3n) is 3.15. The number of anilines is 1. The Morgan fingerprint density at radius 2 is 1.85 bits per heavy atom. The van der Waals surface area contributed by atoms with Gasteiger partial charge in [-0.05, 0) is 24.5 Å². The molecule has 0 saturated carbocycles. The van der Waals surface area contributed by atoms with Gasteiger partial charge in [0.05, 0.1) is 5.52 Å². The second kappa shape index (κ2) is 5.17. The topological polar surface area (TPSA) is 44.8 Å². The molecule has 102 valence electrons. The van der Waals surface area contributed by atoms with Gasteiger partial charge in [0.2, 0.25) is 0 Å². The predicted octanol–water partition coefficient (Wildman–Crippen LogP) is 3.41. The Kier molecular flexibility index (Phi) is 3.36. The summed E-state index contributed by atoms with van der Waals surface area (Å²) in [6, 6.07) is 12.3. The Morgan fingerprint density at radius 3 is 2.60 bits per heavy atom. The molecule has 2 heterocycles. The Balaban J connectivity index is 2.13. The van der Waals surface area contributed by atoms with Gasteiger partial charge >= 0.3 is 0 Å². The standard InChI is InChI=1S/C15H16N4S/c1-19(2)13-9-8-11-15(17-13)18-14(16-11)10-6-4-5-7-12(10)20-3/h4-9H,1-3H3,(H,16,17,18). The van der Waals surface area contributed by atoms with Gasteiger partial charge in [0, 0.05) is 24.6 Å². The van der Waals surface area contributed by atoms with E-state index >= 15 is 0 Å². The second-order valence-electron chi connectivity index (χ2n) is 4.72. The summed E-state index contributed by atoms with van der Waals surface area (Å²) in [4.78, 5) is 15.7. The van der Waals surface area contributed by atoms with E-state index < -0.39 is 0 Å². The summed E-state index contributed by atoms with van der Waals surface area (Å²) < 4.78 is 0. The molecule has 3 aromatic rings. The predicted molar refractivity (Wildman–Crippen MR) is 85.4 cm³/mol. The third kappa shape index (κ3) is 2.25. The molecule has 4 nitrogen and oxygen atoms in total. The monoisotopic (exact) mass is 284 g/mol. The first kappa shape index (κ1) is 13.0. The molecular weight excluding hydrogens is 268 g/mol. The molecule has 0 atom stereocenters. The molecule has 0 aliphatic carbocycles. The van der Waals surface area contributed by atoms with Gasteiger partial charge in [0.15, 0.2) is 5.65 Å². The van der Waals surface area contributed by atoms with Crippen molar-refractivity contribution >= 4 is 28.7 Å². The lowest BCUT2D eigenvalue weighted by Crippen LogP contribution is -2.10. The van der Waals surface area contributed by atoms with Gasteiger partial charge in [-0.2, -0.15) is 0 Å². The number of nitrogens with zero attached hydrogens (tertiary/aromatic N) is 3. The molecule has 0 spiro atoms. The summed E-state index contributed by atoms with van der Waals surface area (Å²) in [5.41, 5.74) is 2.83. The number of imidazole rings is 1. The van der Waals surface area contributed by atoms with Crippen LogP contribution in [0.4, 0.5) is 5.82 Å². The van der Waals surface area contributed by atoms with Crippen LogP contribution in [0.2, 0.25) is 0 Å². The van der Waals surface area contributed by atoms with E-state index in [9.17, 15) is 0 Å². The highest BCUT2D eigenvalue weighted by Crippen LogP contribution is 2.29. The molecule has 0 fully saturated rings. The second-order valence-corrected chi connectivity index (χ2v) is 5.57. The molecule has 1 aromatic carbocycles. The maximum absolute atomic E-state index is 4.63. The summed E-state index contributed by atoms with van der Waals surface area (Å²) in [5, 5.41) is 0. The lowest BCUT2D eigenvalue weighted by molar-refractivity contribution is 1.08. The first-order valence-corrected chi connectivity index (χ1v) is 7.59. The first-order valence-electron chi connectivity index (χ1n) is 6.36. The van der Waals surface area contributed by atoms with Crippen molar-refractivity contribution in [3.63, 3.8) is 0 Å². The molecule has 20 heavy (non-hydrogen) atoms. The molecule has 3 rings (SSSR count). The van der Waals surface area contributed by atoms with Crippen molar-refractivity contribution in [3.05, 3.63) is 36.4 Å². The zero-order valence-electron chi connectivity index (χ0n) is 11.7. The number of hydrogen-bond acceptors (Lipinski definition) is 4. The van der Waals surface area contributed by atoms with Gasteiger partial charge in [-0.1, -0.05) is 18.2 Å². The van der Waals surface area contributed by atoms with Crippen LogP contribution >= 0.6 is 11.8 Å². The van der Waals surface area contributed by atoms with E-state index in [-0.39, 0.29) is 0 Å². The average Bonchev–Trinajstić information content (AvgIpc) is 2.89. The summed E-state index contributed by atoms with van der Waals surface area (Å²) in [6.45, 7) is 0. The highest BCUT2D eigenvalue weighted by molar-refractivity contribution is 7.98. The van der Waals surface area contributed by atoms with Crippen LogP contribution in [-0.4, -0.2) is 35.3 Å². The zero-order chi connectivity index (χ0) is 14.1. The van der Waals surface area contributed by atoms with Crippen molar-refractivity contribution in [1.29, 1.82) is 0 Å². The van der Waals surface area contributed by atoms with E-state index in [0.717, 1.165) is 28.4 Å². The van der Waals surface area contributed by atoms with Crippen LogP contribution < -0.4 is 4.90 Å². The quantitative estimate of drug-likeness (QED) is 0.749. The number of thioether (sulfide) groups is 1. The summed E-state index contributed by atoms with van der Waals surface area (Å²) >= 11 is 1.72. The number of pyridine rings is 1. The van der Waals surface area contributed by atoms with Gasteiger partial charge in [-0.15, -0.1) is 11.8 Å². The van der Waals surface area contributed by atoms with Crippen LogP contribution in [0.1, 0.15) is 0 Å². The molecule has 0 saturated heterocycles. The molecule has 0 amide bonds. The van der Waals surface area contributed by atoms with Crippen molar-refractivity contribution in [1.82, 2.24) is 15.0 Å². The average molecular weight is 284 g/mol. The smallest absolute Gasteiger partial charge is 0.180 e. The maximum atomic E-state index is 4.63. The highest BCUT2D eigenvalue weighted by Gasteiger charge is 2.10. The van der Waals surface area contributed by atoms with E-state index in [1.807, 2.05) is 43.3 Å². The van der Waals surface area contributed by atoms with Crippen molar-refractivity contribution in [2.24, 2.45) is 0 Å². The number of fused-ring (bicyclic) bond motifs is 1. The Morgan fingerprint density at radius 1 is 1.05 bits per heavy atom. The van der Waals surface area contributed by atoms with Crippen LogP contribution in [0.5, 0.6) is 0 Å². The van der Waals surface area contributed by atoms with Crippen LogP contribution in [0.15, 0.2) is 41.3 Å². The number of nitrogens with one attached hydrogen (secondary N) is 1. The third-order valence-corrected chi connectivity index (χ3v) is 3.95. The van der Waals surface area contributed by atoms with E-state index in [2.05, 4.69) is 33.3 Å². The lowest BCUT2D eigenvalue weighted by Gasteiger charge is -2.09. The van der Waals surface area contributed by atoms with E-state index in [1.165, 1.54) is 4.90 Å². The molecule has 1 N–H and O–H groups in total. The van der Waals surface area contributed by atoms with Crippen LogP contribution in [0.25, 0.3) is 22.6 Å². The fraction of sp³-hybridized carbons (Fsp3) is 0.200. The molecule has 0 aliphatic rings. The first-order chi connectivity index (χ1) is 9.69. The van der Waals surface area contributed by atoms with Gasteiger partial charge in [-0.25, -0.2) is 9.97 Å². The molecule has 0 radical (unpaired) electrons. The number of rotatable bonds is 3. The minimum atomic E-state index is 0.752. The van der Waals surface area contributed by atoms with E-state index in [1.54, 1.807) is 11.8 Å². The number of benzene rings is 1. The Labute approximate surface area is 122 Å². The normalized spacial score (nSPS) is 10.9. The van der Waals surface area contributed by atoms with Crippen molar-refractivity contribution in [3.8, 4) is 11.4 Å². The largest absolute Gasteiger partial charge is 0.363 e. The molecular formula is C15H16N4S. The zero-order valence-corrected chi connectivity index (χ0v) is 12.5. The fourth-order valence-electron chi connectivity index (χ4n) is 2.10. The van der Waals surface area contributed by atoms with Gasteiger partial charge in [0.25, 0.3) is 0 Å². The van der Waals surface area contributed by atoms with Gasteiger partial charge < -0.3 is 9.88 Å². The maximum Gasteiger partial charge on any atom is 0.180 e. The molecule has 0 bridgehead atoms. The van der Waals surface area contributed by atoms with E-state index in [4.69, 9.17) is 0 Å². The lowest BCUT2D eigenvalue weighted by atomic mass is 10.2. The Hall–Kier alpha value is -2.01. The molecule has 0 aliphatic heterocycles. The molecule has 0 unspecified atom stereocenters. The number of hydrogen-bond donors (Lipinski definition) is 1. The fourth-order valence-corrected chi connectivity index (χ4v) is 2.70. The summed E-state index contributed by atoms with van der Waals surface area (Å²) in [5.74, 6) is 1.78. The van der Waals surface area contributed by atoms with Gasteiger partial charge in [0.1, 0.15) is 11.6 Å². The summed E-state index contributed by atoms with van der Waals surface area (Å²) in [7, 11) is 3.95. The minimum absolute atomic E-state index is 0.752. The van der Waals surface area contributed by atoms with E-state index in [0.29, 0.717) is 0 Å². The van der Waals surface area contributed by atoms with Crippen molar-refractivity contribution in [2.45, 2.75) is 4.90 Å². The van der Waals surface area contributed by atoms with Crippen LogP contribution in [-0.2, 0) is 0 Å². The van der Waals surface area contributed by atoms with Crippen molar-refractivity contribution in [2.75, 3.05) is 25.3 Å². The van der Waals surface area contributed by atoms with Crippen molar-refractivity contribution < 1.29 is 0 Å². The van der Waals surface area contributed by atoms with Gasteiger partial charge in [-0.3, -0.25) is 0 Å². The minimum Gasteiger partial charge on any atom is -0.363 e. The highest BCUT2D eigenvalue weighted by atomic mass is 32.2. The summed E-state index contributed by atoms with van der Waals surface area (Å²) in [6.07, 6.45) is 2.07. The SMILES string of the molecule is CSc1ccccc1-c1nc2nc(N(C)C)ccc2[nH]1.